The molecule has 0 aliphatic carbocycles. The zero-order valence-corrected chi connectivity index (χ0v) is 18.3. The molecule has 0 saturated carbocycles. The van der Waals surface area contributed by atoms with Gasteiger partial charge in [0.2, 0.25) is 5.95 Å². The molecule has 0 aromatic carbocycles. The predicted octanol–water partition coefficient (Wildman–Crippen LogP) is 2.50. The van der Waals surface area contributed by atoms with Crippen LogP contribution in [-0.2, 0) is 6.61 Å². The standard InChI is InChI=1S/C20H32N6O4/c1-6-7-14(13(2)9-11-27)23-18-19(25-26-20(21-3)24-18)30-12-15-17(29-5)16(28-4)8-10-22-15/h8,10,13-14,27H,6-7,9,11-12H2,1-5H3,(H2,21,23,24,26). The van der Waals surface area contributed by atoms with Crippen molar-refractivity contribution in [2.45, 2.75) is 45.8 Å². The summed E-state index contributed by atoms with van der Waals surface area (Å²) in [6.45, 7) is 4.46. The van der Waals surface area contributed by atoms with Crippen molar-refractivity contribution in [1.82, 2.24) is 20.2 Å². The maximum absolute atomic E-state index is 9.33. The Hall–Kier alpha value is -2.88. The highest BCUT2D eigenvalue weighted by Gasteiger charge is 2.21. The molecule has 0 aliphatic rings. The minimum atomic E-state index is 0.106. The summed E-state index contributed by atoms with van der Waals surface area (Å²) >= 11 is 0. The van der Waals surface area contributed by atoms with Crippen molar-refractivity contribution in [3.05, 3.63) is 18.0 Å². The largest absolute Gasteiger partial charge is 0.493 e. The minimum absolute atomic E-state index is 0.106. The molecule has 10 nitrogen and oxygen atoms in total. The summed E-state index contributed by atoms with van der Waals surface area (Å²) in [6.07, 6.45) is 4.23. The number of nitrogens with zero attached hydrogens (tertiary/aromatic N) is 4. The lowest BCUT2D eigenvalue weighted by Crippen LogP contribution is -2.29. The zero-order chi connectivity index (χ0) is 21.9. The molecule has 2 rings (SSSR count). The van der Waals surface area contributed by atoms with Crippen molar-refractivity contribution in [2.75, 3.05) is 38.5 Å². The number of aromatic nitrogens is 4. The molecule has 30 heavy (non-hydrogen) atoms. The minimum Gasteiger partial charge on any atom is -0.493 e. The Labute approximate surface area is 177 Å². The van der Waals surface area contributed by atoms with Gasteiger partial charge in [0.25, 0.3) is 5.88 Å². The number of anilines is 2. The predicted molar refractivity (Wildman–Crippen MR) is 114 cm³/mol. The summed E-state index contributed by atoms with van der Waals surface area (Å²) in [4.78, 5) is 8.81. The van der Waals surface area contributed by atoms with E-state index in [1.165, 1.54) is 0 Å². The molecule has 0 spiro atoms. The monoisotopic (exact) mass is 420 g/mol. The van der Waals surface area contributed by atoms with Gasteiger partial charge < -0.3 is 30.0 Å². The number of methoxy groups -OCH3 is 2. The fourth-order valence-electron chi connectivity index (χ4n) is 3.09. The van der Waals surface area contributed by atoms with E-state index in [4.69, 9.17) is 14.2 Å². The molecule has 0 amide bonds. The summed E-state index contributed by atoms with van der Waals surface area (Å²) in [6, 6.07) is 1.83. The van der Waals surface area contributed by atoms with Gasteiger partial charge in [0.15, 0.2) is 17.3 Å². The van der Waals surface area contributed by atoms with E-state index in [-0.39, 0.29) is 31.1 Å². The van der Waals surface area contributed by atoms with Crippen molar-refractivity contribution < 1.29 is 19.3 Å². The number of pyridine rings is 1. The van der Waals surface area contributed by atoms with Crippen molar-refractivity contribution in [3.8, 4) is 17.4 Å². The second kappa shape index (κ2) is 12.0. The molecule has 2 atom stereocenters. The van der Waals surface area contributed by atoms with Crippen LogP contribution in [0.15, 0.2) is 12.3 Å². The highest BCUT2D eigenvalue weighted by Crippen LogP contribution is 2.31. The molecule has 0 fully saturated rings. The fraction of sp³-hybridized carbons (Fsp3) is 0.600. The summed E-state index contributed by atoms with van der Waals surface area (Å²) in [5.41, 5.74) is 0.570. The van der Waals surface area contributed by atoms with Crippen LogP contribution in [0.25, 0.3) is 0 Å². The van der Waals surface area contributed by atoms with Crippen molar-refractivity contribution in [3.63, 3.8) is 0 Å². The number of ether oxygens (including phenoxy) is 3. The van der Waals surface area contributed by atoms with Gasteiger partial charge in [-0.05, 0) is 18.8 Å². The van der Waals surface area contributed by atoms with Gasteiger partial charge >= 0.3 is 0 Å². The lowest BCUT2D eigenvalue weighted by Gasteiger charge is -2.25. The molecule has 0 aliphatic heterocycles. The maximum Gasteiger partial charge on any atom is 0.277 e. The number of rotatable bonds is 13. The van der Waals surface area contributed by atoms with Crippen LogP contribution >= 0.6 is 0 Å². The molecule has 0 bridgehead atoms. The molecule has 166 valence electrons. The van der Waals surface area contributed by atoms with Gasteiger partial charge in [-0.15, -0.1) is 10.2 Å². The quantitative estimate of drug-likeness (QED) is 0.445. The van der Waals surface area contributed by atoms with Gasteiger partial charge in [-0.2, -0.15) is 4.98 Å². The highest BCUT2D eigenvalue weighted by molar-refractivity contribution is 5.49. The van der Waals surface area contributed by atoms with Crippen LogP contribution in [0, 0.1) is 5.92 Å². The van der Waals surface area contributed by atoms with E-state index in [1.807, 2.05) is 0 Å². The number of nitrogens with one attached hydrogen (secondary N) is 2. The van der Waals surface area contributed by atoms with Crippen LogP contribution in [0.4, 0.5) is 11.8 Å². The second-order valence-electron chi connectivity index (χ2n) is 6.85. The number of aliphatic hydroxyl groups is 1. The molecular formula is C20H32N6O4. The van der Waals surface area contributed by atoms with Gasteiger partial charge in [0, 0.05) is 32.0 Å². The van der Waals surface area contributed by atoms with Crippen LogP contribution in [0.2, 0.25) is 0 Å². The van der Waals surface area contributed by atoms with Gasteiger partial charge in [0.05, 0.1) is 14.2 Å². The average Bonchev–Trinajstić information content (AvgIpc) is 2.77. The molecule has 2 unspecified atom stereocenters. The molecule has 0 radical (unpaired) electrons. The topological polar surface area (TPSA) is 124 Å². The van der Waals surface area contributed by atoms with E-state index in [2.05, 4.69) is 44.6 Å². The lowest BCUT2D eigenvalue weighted by molar-refractivity contribution is 0.249. The van der Waals surface area contributed by atoms with Gasteiger partial charge in [-0.25, -0.2) is 0 Å². The summed E-state index contributed by atoms with van der Waals surface area (Å²) in [7, 11) is 4.85. The zero-order valence-electron chi connectivity index (χ0n) is 18.3. The number of hydrogen-bond donors (Lipinski definition) is 3. The van der Waals surface area contributed by atoms with Crippen LogP contribution in [0.3, 0.4) is 0 Å². The summed E-state index contributed by atoms with van der Waals surface area (Å²) < 4.78 is 16.6. The summed E-state index contributed by atoms with van der Waals surface area (Å²) in [5, 5.41) is 23.9. The van der Waals surface area contributed by atoms with Gasteiger partial charge in [0.1, 0.15) is 12.3 Å². The fourth-order valence-corrected chi connectivity index (χ4v) is 3.09. The SMILES string of the molecule is CCCC(Nc1nc(NC)nnc1OCc1nccc(OC)c1OC)C(C)CCO. The van der Waals surface area contributed by atoms with Crippen molar-refractivity contribution in [2.24, 2.45) is 5.92 Å². The first-order valence-electron chi connectivity index (χ1n) is 10.1. The Balaban J connectivity index is 2.26. The molecule has 2 aromatic rings. The maximum atomic E-state index is 9.33. The molecular weight excluding hydrogens is 388 g/mol. The first-order valence-corrected chi connectivity index (χ1v) is 10.1. The molecule has 2 heterocycles. The number of hydrogen-bond acceptors (Lipinski definition) is 10. The van der Waals surface area contributed by atoms with Crippen LogP contribution < -0.4 is 24.8 Å². The van der Waals surface area contributed by atoms with E-state index in [0.29, 0.717) is 35.4 Å². The lowest BCUT2D eigenvalue weighted by atomic mass is 9.95. The molecule has 2 aromatic heterocycles. The Morgan fingerprint density at radius 1 is 1.17 bits per heavy atom. The van der Waals surface area contributed by atoms with E-state index >= 15 is 0 Å². The Morgan fingerprint density at radius 3 is 2.60 bits per heavy atom. The third-order valence-electron chi connectivity index (χ3n) is 4.78. The molecule has 0 saturated heterocycles. The number of aliphatic hydroxyl groups excluding tert-OH is 1. The first kappa shape index (κ1) is 23.4. The highest BCUT2D eigenvalue weighted by atomic mass is 16.5. The third-order valence-corrected chi connectivity index (χ3v) is 4.78. The Bertz CT molecular complexity index is 792. The van der Waals surface area contributed by atoms with Crippen molar-refractivity contribution >= 4 is 11.8 Å². The van der Waals surface area contributed by atoms with Crippen LogP contribution in [0.1, 0.15) is 38.8 Å². The smallest absolute Gasteiger partial charge is 0.277 e. The first-order chi connectivity index (χ1) is 14.6. The van der Waals surface area contributed by atoms with Crippen LogP contribution in [-0.4, -0.2) is 59.2 Å². The molecule has 3 N–H and O–H groups in total. The van der Waals surface area contributed by atoms with E-state index < -0.39 is 0 Å². The Kier molecular flexibility index (Phi) is 9.33. The summed E-state index contributed by atoms with van der Waals surface area (Å²) in [5.74, 6) is 2.45. The Morgan fingerprint density at radius 2 is 1.97 bits per heavy atom. The van der Waals surface area contributed by atoms with Gasteiger partial charge in [-0.3, -0.25) is 4.98 Å². The van der Waals surface area contributed by atoms with E-state index in [9.17, 15) is 5.11 Å². The third kappa shape index (κ3) is 6.06. The van der Waals surface area contributed by atoms with Gasteiger partial charge in [-0.1, -0.05) is 20.3 Å². The van der Waals surface area contributed by atoms with E-state index in [1.54, 1.807) is 33.5 Å². The normalized spacial score (nSPS) is 12.7. The average molecular weight is 421 g/mol. The molecule has 10 heteroatoms. The van der Waals surface area contributed by atoms with Crippen LogP contribution in [0.5, 0.6) is 17.4 Å². The van der Waals surface area contributed by atoms with E-state index in [0.717, 1.165) is 12.8 Å². The van der Waals surface area contributed by atoms with Crippen molar-refractivity contribution in [1.29, 1.82) is 0 Å². The second-order valence-corrected chi connectivity index (χ2v) is 6.85.